The molecule has 2 amide bonds. The van der Waals surface area contributed by atoms with E-state index in [4.69, 9.17) is 4.74 Å². The van der Waals surface area contributed by atoms with Gasteiger partial charge in [0.1, 0.15) is 5.75 Å². The third kappa shape index (κ3) is 5.34. The molecule has 1 unspecified atom stereocenters. The van der Waals surface area contributed by atoms with Crippen LogP contribution in [-0.2, 0) is 4.79 Å². The number of hydrogen-bond donors (Lipinski definition) is 1. The highest BCUT2D eigenvalue weighted by Crippen LogP contribution is 2.21. The van der Waals surface area contributed by atoms with Crippen LogP contribution in [0.5, 0.6) is 5.75 Å². The van der Waals surface area contributed by atoms with Crippen LogP contribution in [-0.4, -0.2) is 40.8 Å². The van der Waals surface area contributed by atoms with Gasteiger partial charge in [0.15, 0.2) is 6.10 Å². The maximum atomic E-state index is 12.7. The first kappa shape index (κ1) is 21.3. The van der Waals surface area contributed by atoms with Crippen molar-refractivity contribution in [3.8, 4) is 5.75 Å². The number of ether oxygens (including phenoxy) is 1. The molecule has 0 aromatic heterocycles. The number of nitrogens with zero attached hydrogens (tertiary/aromatic N) is 2. The summed E-state index contributed by atoms with van der Waals surface area (Å²) in [5.74, 6) is 0.571. The number of nitro benzene ring substituents is 1. The van der Waals surface area contributed by atoms with E-state index in [1.54, 1.807) is 31.2 Å². The van der Waals surface area contributed by atoms with Gasteiger partial charge in [-0.2, -0.15) is 0 Å². The summed E-state index contributed by atoms with van der Waals surface area (Å²) in [6.07, 6.45) is 1.17. The normalized spacial score (nSPS) is 15.3. The van der Waals surface area contributed by atoms with Crippen molar-refractivity contribution in [1.29, 1.82) is 0 Å². The van der Waals surface area contributed by atoms with Gasteiger partial charge < -0.3 is 15.0 Å². The number of rotatable bonds is 6. The van der Waals surface area contributed by atoms with Gasteiger partial charge in [0, 0.05) is 36.5 Å². The van der Waals surface area contributed by atoms with Crippen molar-refractivity contribution >= 4 is 23.2 Å². The van der Waals surface area contributed by atoms with Crippen LogP contribution in [0, 0.1) is 16.0 Å². The van der Waals surface area contributed by atoms with Crippen molar-refractivity contribution in [2.24, 2.45) is 5.92 Å². The second-order valence-corrected chi connectivity index (χ2v) is 7.56. The van der Waals surface area contributed by atoms with Gasteiger partial charge in [-0.25, -0.2) is 0 Å². The van der Waals surface area contributed by atoms with Gasteiger partial charge in [0.05, 0.1) is 4.92 Å². The highest BCUT2D eigenvalue weighted by Gasteiger charge is 2.22. The molecule has 1 aliphatic rings. The minimum atomic E-state index is -0.825. The quantitative estimate of drug-likeness (QED) is 0.574. The molecule has 0 aliphatic carbocycles. The molecule has 3 rings (SSSR count). The Morgan fingerprint density at radius 1 is 1.17 bits per heavy atom. The number of anilines is 1. The van der Waals surface area contributed by atoms with Gasteiger partial charge in [-0.05, 0) is 56.0 Å². The predicted octanol–water partition coefficient (Wildman–Crippen LogP) is 3.87. The van der Waals surface area contributed by atoms with Gasteiger partial charge in [-0.1, -0.05) is 13.0 Å². The number of amides is 2. The average molecular weight is 411 g/mol. The molecule has 1 atom stereocenters. The summed E-state index contributed by atoms with van der Waals surface area (Å²) in [5, 5.41) is 13.5. The molecule has 30 heavy (non-hydrogen) atoms. The Balaban J connectivity index is 1.60. The second kappa shape index (κ2) is 9.39. The maximum absolute atomic E-state index is 12.7. The molecule has 1 saturated heterocycles. The lowest BCUT2D eigenvalue weighted by Crippen LogP contribution is -2.38. The number of nitro groups is 1. The molecule has 2 aromatic rings. The van der Waals surface area contributed by atoms with Crippen molar-refractivity contribution in [3.63, 3.8) is 0 Å². The largest absolute Gasteiger partial charge is 0.481 e. The molecule has 1 fully saturated rings. The van der Waals surface area contributed by atoms with Gasteiger partial charge in [0.2, 0.25) is 0 Å². The molecule has 1 N–H and O–H groups in total. The summed E-state index contributed by atoms with van der Waals surface area (Å²) in [6, 6.07) is 12.4. The summed E-state index contributed by atoms with van der Waals surface area (Å²) in [5.41, 5.74) is 0.991. The van der Waals surface area contributed by atoms with E-state index in [9.17, 15) is 19.7 Å². The zero-order valence-electron chi connectivity index (χ0n) is 17.0. The monoisotopic (exact) mass is 411 g/mol. The fourth-order valence-electron chi connectivity index (χ4n) is 3.27. The number of benzene rings is 2. The summed E-state index contributed by atoms with van der Waals surface area (Å²) in [4.78, 5) is 37.3. The lowest BCUT2D eigenvalue weighted by atomic mass is 9.98. The SMILES string of the molecule is CC1CCN(C(=O)c2cccc(NC(=O)C(C)Oc3ccc([N+](=O)[O-])cc3)c2)CC1. The summed E-state index contributed by atoms with van der Waals surface area (Å²) in [6.45, 7) is 5.27. The summed E-state index contributed by atoms with van der Waals surface area (Å²) >= 11 is 0. The fourth-order valence-corrected chi connectivity index (χ4v) is 3.27. The van der Waals surface area contributed by atoms with Crippen LogP contribution < -0.4 is 10.1 Å². The van der Waals surface area contributed by atoms with Crippen LogP contribution in [0.3, 0.4) is 0 Å². The molecule has 0 saturated carbocycles. The number of piperidine rings is 1. The van der Waals surface area contributed by atoms with E-state index in [1.165, 1.54) is 24.3 Å². The molecule has 0 bridgehead atoms. The third-order valence-electron chi connectivity index (χ3n) is 5.18. The lowest BCUT2D eigenvalue weighted by molar-refractivity contribution is -0.384. The van der Waals surface area contributed by atoms with Crippen LogP contribution in [0.15, 0.2) is 48.5 Å². The van der Waals surface area contributed by atoms with E-state index in [0.29, 0.717) is 22.9 Å². The van der Waals surface area contributed by atoms with Gasteiger partial charge >= 0.3 is 0 Å². The van der Waals surface area contributed by atoms with Crippen molar-refractivity contribution < 1.29 is 19.2 Å². The Bertz CT molecular complexity index is 921. The molecule has 2 aromatic carbocycles. The first-order valence-corrected chi connectivity index (χ1v) is 9.95. The summed E-state index contributed by atoms with van der Waals surface area (Å²) in [7, 11) is 0. The smallest absolute Gasteiger partial charge is 0.269 e. The molecule has 8 nitrogen and oxygen atoms in total. The number of carbonyl (C=O) groups excluding carboxylic acids is 2. The van der Waals surface area contributed by atoms with E-state index < -0.39 is 11.0 Å². The second-order valence-electron chi connectivity index (χ2n) is 7.56. The molecule has 1 heterocycles. The minimum absolute atomic E-state index is 0.0341. The van der Waals surface area contributed by atoms with Crippen molar-refractivity contribution in [2.45, 2.75) is 32.8 Å². The number of hydrogen-bond acceptors (Lipinski definition) is 5. The Hall–Kier alpha value is -3.42. The van der Waals surface area contributed by atoms with Crippen LogP contribution in [0.4, 0.5) is 11.4 Å². The maximum Gasteiger partial charge on any atom is 0.269 e. The van der Waals surface area contributed by atoms with Crippen LogP contribution in [0.25, 0.3) is 0 Å². The average Bonchev–Trinajstić information content (AvgIpc) is 2.74. The van der Waals surface area contributed by atoms with Crippen LogP contribution >= 0.6 is 0 Å². The van der Waals surface area contributed by atoms with Crippen molar-refractivity contribution in [1.82, 2.24) is 4.90 Å². The molecule has 158 valence electrons. The zero-order chi connectivity index (χ0) is 21.7. The topological polar surface area (TPSA) is 102 Å². The standard InChI is InChI=1S/C22H25N3O5/c1-15-10-12-24(13-11-15)22(27)17-4-3-5-18(14-17)23-21(26)16(2)30-20-8-6-19(7-9-20)25(28)29/h3-9,14-16H,10-13H2,1-2H3,(H,23,26). The number of likely N-dealkylation sites (tertiary alicyclic amines) is 1. The fraction of sp³-hybridized carbons (Fsp3) is 0.364. The Kier molecular flexibility index (Phi) is 6.66. The van der Waals surface area contributed by atoms with Gasteiger partial charge in [-0.3, -0.25) is 19.7 Å². The Labute approximate surface area is 175 Å². The van der Waals surface area contributed by atoms with E-state index in [1.807, 2.05) is 4.90 Å². The van der Waals surface area contributed by atoms with E-state index in [0.717, 1.165) is 25.9 Å². The first-order valence-electron chi connectivity index (χ1n) is 9.95. The van der Waals surface area contributed by atoms with Crippen LogP contribution in [0.2, 0.25) is 0 Å². The van der Waals surface area contributed by atoms with Crippen LogP contribution in [0.1, 0.15) is 37.0 Å². The van der Waals surface area contributed by atoms with E-state index in [-0.39, 0.29) is 17.5 Å². The summed E-state index contributed by atoms with van der Waals surface area (Å²) < 4.78 is 5.56. The number of non-ortho nitro benzene ring substituents is 1. The highest BCUT2D eigenvalue weighted by atomic mass is 16.6. The van der Waals surface area contributed by atoms with E-state index in [2.05, 4.69) is 12.2 Å². The van der Waals surface area contributed by atoms with Gasteiger partial charge in [-0.15, -0.1) is 0 Å². The lowest BCUT2D eigenvalue weighted by Gasteiger charge is -2.30. The van der Waals surface area contributed by atoms with E-state index >= 15 is 0 Å². The Morgan fingerprint density at radius 3 is 2.47 bits per heavy atom. The van der Waals surface area contributed by atoms with Gasteiger partial charge in [0.25, 0.3) is 17.5 Å². The minimum Gasteiger partial charge on any atom is -0.481 e. The number of nitrogens with one attached hydrogen (secondary N) is 1. The molecule has 8 heteroatoms. The molecule has 1 aliphatic heterocycles. The van der Waals surface area contributed by atoms with Crippen molar-refractivity contribution in [3.05, 3.63) is 64.2 Å². The molecule has 0 spiro atoms. The zero-order valence-corrected chi connectivity index (χ0v) is 17.0. The first-order chi connectivity index (χ1) is 14.3. The third-order valence-corrected chi connectivity index (χ3v) is 5.18. The molecular weight excluding hydrogens is 386 g/mol. The number of carbonyl (C=O) groups is 2. The van der Waals surface area contributed by atoms with Crippen molar-refractivity contribution in [2.75, 3.05) is 18.4 Å². The highest BCUT2D eigenvalue weighted by molar-refractivity contribution is 5.98. The molecular formula is C22H25N3O5. The molecule has 0 radical (unpaired) electrons. The Morgan fingerprint density at radius 2 is 1.83 bits per heavy atom. The predicted molar refractivity (Wildman–Crippen MR) is 113 cm³/mol.